The van der Waals surface area contributed by atoms with E-state index in [4.69, 9.17) is 9.26 Å². The Labute approximate surface area is 173 Å². The summed E-state index contributed by atoms with van der Waals surface area (Å²) >= 11 is 1.48. The molecule has 3 N–H and O–H groups in total. The van der Waals surface area contributed by atoms with E-state index < -0.39 is 17.5 Å². The van der Waals surface area contributed by atoms with Gasteiger partial charge in [-0.3, -0.25) is 10.1 Å². The first-order chi connectivity index (χ1) is 14.5. The zero-order chi connectivity index (χ0) is 20.9. The van der Waals surface area contributed by atoms with Crippen molar-refractivity contribution in [1.29, 1.82) is 0 Å². The Bertz CT molecular complexity index is 1280. The molecule has 4 aromatic rings. The van der Waals surface area contributed by atoms with Gasteiger partial charge in [-0.1, -0.05) is 11.2 Å². The molecule has 1 aromatic carbocycles. The van der Waals surface area contributed by atoms with Gasteiger partial charge < -0.3 is 24.3 Å². The van der Waals surface area contributed by atoms with Crippen molar-refractivity contribution in [3.05, 3.63) is 53.7 Å². The van der Waals surface area contributed by atoms with E-state index in [2.05, 4.69) is 15.8 Å². The van der Waals surface area contributed by atoms with Gasteiger partial charge in [0.25, 0.3) is 5.91 Å². The first kappa shape index (κ1) is 18.3. The molecule has 152 valence electrons. The number of carbonyl (C=O) groups is 2. The Morgan fingerprint density at radius 1 is 1.30 bits per heavy atom. The molecule has 1 aliphatic rings. The molecule has 4 heterocycles. The molecule has 0 aliphatic carbocycles. The second-order valence-corrected chi connectivity index (χ2v) is 7.85. The molecular weight excluding hydrogens is 408 g/mol. The van der Waals surface area contributed by atoms with Gasteiger partial charge in [-0.15, -0.1) is 11.3 Å². The van der Waals surface area contributed by atoms with E-state index in [-0.39, 0.29) is 18.2 Å². The van der Waals surface area contributed by atoms with Gasteiger partial charge >= 0.3 is 6.03 Å². The van der Waals surface area contributed by atoms with Crippen molar-refractivity contribution in [2.24, 2.45) is 0 Å². The maximum absolute atomic E-state index is 12.8. The van der Waals surface area contributed by atoms with Crippen molar-refractivity contribution in [2.45, 2.75) is 12.1 Å². The first-order valence-corrected chi connectivity index (χ1v) is 9.88. The number of rotatable bonds is 5. The van der Waals surface area contributed by atoms with E-state index in [1.807, 2.05) is 17.5 Å². The van der Waals surface area contributed by atoms with Crippen LogP contribution in [-0.4, -0.2) is 33.9 Å². The van der Waals surface area contributed by atoms with Crippen LogP contribution in [0.25, 0.3) is 21.3 Å². The largest absolute Gasteiger partial charge is 0.497 e. The second kappa shape index (κ2) is 6.63. The highest BCUT2D eigenvalue weighted by atomic mass is 32.1. The predicted molar refractivity (Wildman–Crippen MR) is 108 cm³/mol. The Morgan fingerprint density at radius 3 is 2.87 bits per heavy atom. The number of nitrogens with one attached hydrogen (secondary N) is 2. The number of nitrogens with zero attached hydrogens (tertiary/aromatic N) is 2. The van der Waals surface area contributed by atoms with Crippen molar-refractivity contribution in [3.63, 3.8) is 0 Å². The molecule has 0 bridgehead atoms. The number of hydrogen-bond donors (Lipinski definition) is 3. The van der Waals surface area contributed by atoms with Crippen LogP contribution in [0.4, 0.5) is 4.79 Å². The Morgan fingerprint density at radius 2 is 2.17 bits per heavy atom. The molecule has 3 amide bonds. The van der Waals surface area contributed by atoms with E-state index in [1.54, 1.807) is 30.5 Å². The molecule has 0 spiro atoms. The average Bonchev–Trinajstić information content (AvgIpc) is 3.51. The highest BCUT2D eigenvalue weighted by Gasteiger charge is 2.51. The topological polar surface area (TPSA) is 119 Å². The molecule has 3 aromatic heterocycles. The zero-order valence-corrected chi connectivity index (χ0v) is 16.5. The van der Waals surface area contributed by atoms with Gasteiger partial charge in [-0.2, -0.15) is 0 Å². The van der Waals surface area contributed by atoms with Gasteiger partial charge in [0.2, 0.25) is 0 Å². The van der Waals surface area contributed by atoms with Crippen LogP contribution >= 0.6 is 11.3 Å². The second-order valence-electron chi connectivity index (χ2n) is 6.90. The van der Waals surface area contributed by atoms with E-state index in [0.29, 0.717) is 16.8 Å². The molecule has 0 saturated carbocycles. The minimum Gasteiger partial charge on any atom is -0.497 e. The number of imide groups is 1. The Kier molecular flexibility index (Phi) is 4.03. The number of aromatic hydroxyl groups is 1. The highest BCUT2D eigenvalue weighted by molar-refractivity contribution is 7.13. The van der Waals surface area contributed by atoms with Gasteiger partial charge in [0.05, 0.1) is 18.5 Å². The van der Waals surface area contributed by atoms with Gasteiger partial charge in [-0.05, 0) is 29.6 Å². The van der Waals surface area contributed by atoms with Gasteiger partial charge in [-0.25, -0.2) is 4.79 Å². The summed E-state index contributed by atoms with van der Waals surface area (Å²) in [6, 6.07) is 10.0. The number of aromatic nitrogens is 2. The fraction of sp³-hybridized carbons (Fsp3) is 0.150. The van der Waals surface area contributed by atoms with Crippen LogP contribution in [0.1, 0.15) is 5.76 Å². The minimum atomic E-state index is -1.56. The number of fused-ring (bicyclic) bond motifs is 1. The standard InChI is InChI=1S/C20H16N4O5S/c1-28-12-5-4-11-9-24(17(25)13(11)7-12)10-20(18(26)21-19(27)22-20)16-8-14(23-29-16)15-3-2-6-30-15/h2-9,25H,10H2,1H3,(H2,21,22,26,27)/t20-/m0/s1. The number of benzene rings is 1. The van der Waals surface area contributed by atoms with Crippen molar-refractivity contribution in [2.75, 3.05) is 7.11 Å². The number of amides is 3. The van der Waals surface area contributed by atoms with Gasteiger partial charge in [0, 0.05) is 23.0 Å². The highest BCUT2D eigenvalue weighted by Crippen LogP contribution is 2.36. The van der Waals surface area contributed by atoms with Crippen LogP contribution in [0.2, 0.25) is 0 Å². The van der Waals surface area contributed by atoms with E-state index >= 15 is 0 Å². The number of methoxy groups -OCH3 is 1. The van der Waals surface area contributed by atoms with Gasteiger partial charge in [0.1, 0.15) is 11.4 Å². The Hall–Kier alpha value is -3.79. The number of urea groups is 1. The van der Waals surface area contributed by atoms with Crippen molar-refractivity contribution >= 4 is 34.0 Å². The van der Waals surface area contributed by atoms with Crippen LogP contribution in [0, 0.1) is 0 Å². The molecule has 1 atom stereocenters. The number of hydrogen-bond acceptors (Lipinski definition) is 7. The number of thiophene rings is 1. The maximum Gasteiger partial charge on any atom is 0.322 e. The third-order valence-electron chi connectivity index (χ3n) is 5.12. The maximum atomic E-state index is 12.8. The fourth-order valence-electron chi connectivity index (χ4n) is 3.60. The lowest BCUT2D eigenvalue weighted by Gasteiger charge is -2.23. The summed E-state index contributed by atoms with van der Waals surface area (Å²) in [6.07, 6.45) is 1.69. The molecule has 10 heteroatoms. The van der Waals surface area contributed by atoms with E-state index in [9.17, 15) is 14.7 Å². The summed E-state index contributed by atoms with van der Waals surface area (Å²) in [6.45, 7) is -0.0908. The summed E-state index contributed by atoms with van der Waals surface area (Å²) in [4.78, 5) is 25.7. The van der Waals surface area contributed by atoms with Crippen molar-refractivity contribution in [1.82, 2.24) is 20.4 Å². The number of carbonyl (C=O) groups excluding carboxylic acids is 2. The predicted octanol–water partition coefficient (Wildman–Crippen LogP) is 2.81. The quantitative estimate of drug-likeness (QED) is 0.424. The van der Waals surface area contributed by atoms with Crippen molar-refractivity contribution in [3.8, 4) is 22.2 Å². The Balaban J connectivity index is 1.59. The number of ether oxygens (including phenoxy) is 1. The first-order valence-electron chi connectivity index (χ1n) is 9.01. The summed E-state index contributed by atoms with van der Waals surface area (Å²) in [7, 11) is 1.54. The van der Waals surface area contributed by atoms with Crippen LogP contribution in [0.5, 0.6) is 11.6 Å². The fourth-order valence-corrected chi connectivity index (χ4v) is 4.28. The summed E-state index contributed by atoms with van der Waals surface area (Å²) in [5.41, 5.74) is -1.00. The molecular formula is C20H16N4O5S. The molecule has 1 aliphatic heterocycles. The third-order valence-corrected chi connectivity index (χ3v) is 6.01. The molecule has 9 nitrogen and oxygen atoms in total. The lowest BCUT2D eigenvalue weighted by Crippen LogP contribution is -2.47. The lowest BCUT2D eigenvalue weighted by atomic mass is 9.95. The normalized spacial score (nSPS) is 18.6. The van der Waals surface area contributed by atoms with E-state index in [1.165, 1.54) is 23.0 Å². The molecule has 0 unspecified atom stereocenters. The molecule has 1 saturated heterocycles. The average molecular weight is 424 g/mol. The van der Waals surface area contributed by atoms with Crippen LogP contribution in [0.3, 0.4) is 0 Å². The molecule has 30 heavy (non-hydrogen) atoms. The minimum absolute atomic E-state index is 0.0600. The molecule has 1 fully saturated rings. The molecule has 5 rings (SSSR count). The lowest BCUT2D eigenvalue weighted by molar-refractivity contribution is -0.125. The van der Waals surface area contributed by atoms with Crippen LogP contribution in [0.15, 0.2) is 52.5 Å². The summed E-state index contributed by atoms with van der Waals surface area (Å²) in [5, 5.41) is 22.9. The summed E-state index contributed by atoms with van der Waals surface area (Å²) in [5.74, 6) is 0.114. The van der Waals surface area contributed by atoms with Gasteiger partial charge in [0.15, 0.2) is 17.2 Å². The van der Waals surface area contributed by atoms with Crippen molar-refractivity contribution < 1.29 is 24.0 Å². The SMILES string of the molecule is COc1ccc2cn(C[C@@]3(c4cc(-c5cccs5)no4)NC(=O)NC3=O)c(O)c2c1. The summed E-state index contributed by atoms with van der Waals surface area (Å²) < 4.78 is 12.2. The van der Waals surface area contributed by atoms with Crippen LogP contribution < -0.4 is 15.4 Å². The smallest absolute Gasteiger partial charge is 0.322 e. The van der Waals surface area contributed by atoms with Crippen LogP contribution in [-0.2, 0) is 16.9 Å². The third kappa shape index (κ3) is 2.72. The zero-order valence-electron chi connectivity index (χ0n) is 15.7. The monoisotopic (exact) mass is 424 g/mol. The van der Waals surface area contributed by atoms with E-state index in [0.717, 1.165) is 10.3 Å². The molecule has 0 radical (unpaired) electrons.